The van der Waals surface area contributed by atoms with Gasteiger partial charge in [-0.2, -0.15) is 11.3 Å². The van der Waals surface area contributed by atoms with Gasteiger partial charge in [-0.3, -0.25) is 4.79 Å². The van der Waals surface area contributed by atoms with E-state index in [1.807, 2.05) is 12.3 Å². The van der Waals surface area contributed by atoms with Crippen molar-refractivity contribution < 1.29 is 4.79 Å². The van der Waals surface area contributed by atoms with Crippen LogP contribution in [0.2, 0.25) is 0 Å². The highest BCUT2D eigenvalue weighted by Gasteiger charge is 2.22. The zero-order chi connectivity index (χ0) is 13.9. The third-order valence-corrected chi connectivity index (χ3v) is 4.11. The molecule has 7 heteroatoms. The van der Waals surface area contributed by atoms with E-state index in [9.17, 15) is 4.79 Å². The molecule has 1 saturated heterocycles. The normalized spacial score (nSPS) is 16.6. The van der Waals surface area contributed by atoms with Crippen molar-refractivity contribution in [2.24, 2.45) is 0 Å². The summed E-state index contributed by atoms with van der Waals surface area (Å²) in [5.41, 5.74) is 1.63. The molecule has 0 bridgehead atoms. The number of nitrogens with one attached hydrogen (secondary N) is 2. The number of nitrogens with zero attached hydrogens (tertiary/aromatic N) is 3. The fourth-order valence-electron chi connectivity index (χ4n) is 2.13. The van der Waals surface area contributed by atoms with E-state index in [2.05, 4.69) is 32.4 Å². The van der Waals surface area contributed by atoms with Crippen molar-refractivity contribution in [3.63, 3.8) is 0 Å². The van der Waals surface area contributed by atoms with Crippen molar-refractivity contribution in [3.05, 3.63) is 34.3 Å². The van der Waals surface area contributed by atoms with Crippen LogP contribution in [0.5, 0.6) is 0 Å². The van der Waals surface area contributed by atoms with Gasteiger partial charge < -0.3 is 10.6 Å². The molecule has 2 N–H and O–H groups in total. The molecule has 0 aromatic carbocycles. The van der Waals surface area contributed by atoms with Crippen LogP contribution in [-0.4, -0.2) is 40.0 Å². The third kappa shape index (κ3) is 2.88. The summed E-state index contributed by atoms with van der Waals surface area (Å²) in [6, 6.07) is 2.48. The first kappa shape index (κ1) is 13.3. The summed E-state index contributed by atoms with van der Waals surface area (Å²) in [6.45, 7) is 3.77. The molecule has 0 saturated carbocycles. The van der Waals surface area contributed by atoms with Crippen LogP contribution in [0, 0.1) is 0 Å². The molecular formula is C13H17N5OS. The first-order valence-corrected chi connectivity index (χ1v) is 7.61. The van der Waals surface area contributed by atoms with Gasteiger partial charge in [-0.1, -0.05) is 5.21 Å². The van der Waals surface area contributed by atoms with E-state index in [4.69, 9.17) is 0 Å². The Morgan fingerprint density at radius 1 is 1.65 bits per heavy atom. The largest absolute Gasteiger partial charge is 0.348 e. The summed E-state index contributed by atoms with van der Waals surface area (Å²) in [6.07, 6.45) is 2.55. The Kier molecular flexibility index (Phi) is 3.79. The average Bonchev–Trinajstić information content (AvgIpc) is 2.97. The van der Waals surface area contributed by atoms with Crippen LogP contribution in [0.3, 0.4) is 0 Å². The molecule has 106 valence electrons. The van der Waals surface area contributed by atoms with E-state index >= 15 is 0 Å². The highest BCUT2D eigenvalue weighted by molar-refractivity contribution is 7.07. The van der Waals surface area contributed by atoms with Crippen molar-refractivity contribution in [1.29, 1.82) is 0 Å². The number of hydrogen-bond acceptors (Lipinski definition) is 5. The van der Waals surface area contributed by atoms with Crippen LogP contribution in [0.1, 0.15) is 29.0 Å². The Bertz CT molecular complexity index is 575. The number of thiophene rings is 1. The summed E-state index contributed by atoms with van der Waals surface area (Å²) in [4.78, 5) is 12.1. The van der Waals surface area contributed by atoms with Crippen molar-refractivity contribution in [1.82, 2.24) is 25.6 Å². The van der Waals surface area contributed by atoms with Gasteiger partial charge in [0.2, 0.25) is 0 Å². The Morgan fingerprint density at radius 2 is 2.50 bits per heavy atom. The minimum atomic E-state index is -0.161. The molecule has 1 unspecified atom stereocenters. The van der Waals surface area contributed by atoms with E-state index in [-0.39, 0.29) is 11.9 Å². The molecule has 2 aromatic heterocycles. The number of carbonyl (C=O) groups is 1. The second kappa shape index (κ2) is 5.72. The lowest BCUT2D eigenvalue weighted by Crippen LogP contribution is -2.43. The van der Waals surface area contributed by atoms with Crippen molar-refractivity contribution in [2.75, 3.05) is 13.1 Å². The first-order chi connectivity index (χ1) is 9.72. The van der Waals surface area contributed by atoms with E-state index in [1.165, 1.54) is 5.56 Å². The van der Waals surface area contributed by atoms with Gasteiger partial charge in [0.1, 0.15) is 0 Å². The van der Waals surface area contributed by atoms with Gasteiger partial charge in [-0.15, -0.1) is 5.10 Å². The van der Waals surface area contributed by atoms with Crippen LogP contribution in [0.4, 0.5) is 0 Å². The highest BCUT2D eigenvalue weighted by Crippen LogP contribution is 2.11. The lowest BCUT2D eigenvalue weighted by Gasteiger charge is -2.26. The highest BCUT2D eigenvalue weighted by atomic mass is 32.1. The van der Waals surface area contributed by atoms with Gasteiger partial charge in [0.15, 0.2) is 5.69 Å². The van der Waals surface area contributed by atoms with Gasteiger partial charge >= 0.3 is 0 Å². The maximum Gasteiger partial charge on any atom is 0.273 e. The van der Waals surface area contributed by atoms with Gasteiger partial charge in [-0.05, 0) is 35.7 Å². The zero-order valence-electron chi connectivity index (χ0n) is 11.2. The van der Waals surface area contributed by atoms with Crippen LogP contribution in [-0.2, 0) is 6.42 Å². The molecule has 6 nitrogen and oxygen atoms in total. The number of aromatic nitrogens is 3. The van der Waals surface area contributed by atoms with Gasteiger partial charge in [0, 0.05) is 19.1 Å². The predicted octanol–water partition coefficient (Wildman–Crippen LogP) is 0.845. The molecule has 3 rings (SSSR count). The Morgan fingerprint density at radius 3 is 3.15 bits per heavy atom. The fraction of sp³-hybridized carbons (Fsp3) is 0.462. The molecule has 0 aliphatic carbocycles. The summed E-state index contributed by atoms with van der Waals surface area (Å²) in [5.74, 6) is -0.161. The molecule has 1 amide bonds. The standard InChI is InChI=1S/C13H17N5OS/c1-9(4-10-2-3-20-8-10)15-13(19)12-7-18(17-16-12)11-5-14-6-11/h2-3,7-9,11,14H,4-6H2,1H3,(H,15,19). The average molecular weight is 291 g/mol. The Hall–Kier alpha value is -1.73. The quantitative estimate of drug-likeness (QED) is 0.856. The summed E-state index contributed by atoms with van der Waals surface area (Å²) >= 11 is 1.67. The maximum absolute atomic E-state index is 12.1. The van der Waals surface area contributed by atoms with E-state index in [0.29, 0.717) is 11.7 Å². The van der Waals surface area contributed by atoms with Crippen LogP contribution < -0.4 is 10.6 Å². The topological polar surface area (TPSA) is 71.8 Å². The molecule has 1 fully saturated rings. The molecule has 1 aliphatic heterocycles. The third-order valence-electron chi connectivity index (χ3n) is 3.38. The van der Waals surface area contributed by atoms with Crippen LogP contribution in [0.25, 0.3) is 0 Å². The molecule has 1 aliphatic rings. The minimum absolute atomic E-state index is 0.0765. The number of amides is 1. The maximum atomic E-state index is 12.1. The molecule has 1 atom stereocenters. The van der Waals surface area contributed by atoms with E-state index < -0.39 is 0 Å². The van der Waals surface area contributed by atoms with E-state index in [1.54, 1.807) is 22.2 Å². The Balaban J connectivity index is 1.56. The lowest BCUT2D eigenvalue weighted by molar-refractivity contribution is 0.0935. The van der Waals surface area contributed by atoms with Gasteiger partial charge in [-0.25, -0.2) is 4.68 Å². The molecule has 0 spiro atoms. The van der Waals surface area contributed by atoms with Crippen molar-refractivity contribution in [2.45, 2.75) is 25.4 Å². The summed E-state index contributed by atoms with van der Waals surface area (Å²) in [5, 5.41) is 18.2. The SMILES string of the molecule is CC(Cc1ccsc1)NC(=O)c1cn(C2CNC2)nn1. The predicted molar refractivity (Wildman–Crippen MR) is 76.9 cm³/mol. The number of carbonyl (C=O) groups excluding carboxylic acids is 1. The monoisotopic (exact) mass is 291 g/mol. The smallest absolute Gasteiger partial charge is 0.273 e. The minimum Gasteiger partial charge on any atom is -0.348 e. The van der Waals surface area contributed by atoms with Gasteiger partial charge in [0.25, 0.3) is 5.91 Å². The van der Waals surface area contributed by atoms with Crippen molar-refractivity contribution in [3.8, 4) is 0 Å². The summed E-state index contributed by atoms with van der Waals surface area (Å²) in [7, 11) is 0. The molecule has 20 heavy (non-hydrogen) atoms. The molecular weight excluding hydrogens is 274 g/mol. The summed E-state index contributed by atoms with van der Waals surface area (Å²) < 4.78 is 1.76. The second-order valence-corrected chi connectivity index (χ2v) is 5.89. The number of rotatable bonds is 5. The van der Waals surface area contributed by atoms with Crippen LogP contribution in [0.15, 0.2) is 23.0 Å². The molecule has 2 aromatic rings. The first-order valence-electron chi connectivity index (χ1n) is 6.67. The molecule has 0 radical (unpaired) electrons. The second-order valence-electron chi connectivity index (χ2n) is 5.11. The number of hydrogen-bond donors (Lipinski definition) is 2. The van der Waals surface area contributed by atoms with Crippen LogP contribution >= 0.6 is 11.3 Å². The Labute approximate surface area is 121 Å². The lowest BCUT2D eigenvalue weighted by atomic mass is 10.1. The molecule has 3 heterocycles. The zero-order valence-corrected chi connectivity index (χ0v) is 12.1. The van der Waals surface area contributed by atoms with E-state index in [0.717, 1.165) is 19.5 Å². The van der Waals surface area contributed by atoms with Gasteiger partial charge in [0.05, 0.1) is 12.2 Å². The fourth-order valence-corrected chi connectivity index (χ4v) is 2.81. The van der Waals surface area contributed by atoms with Crippen molar-refractivity contribution >= 4 is 17.2 Å².